The normalized spacial score (nSPS) is 15.8. The lowest BCUT2D eigenvalue weighted by atomic mass is 10.0. The van der Waals surface area contributed by atoms with Gasteiger partial charge in [0.2, 0.25) is 0 Å². The minimum Gasteiger partial charge on any atom is -0.491 e. The molecule has 2 aromatic rings. The highest BCUT2D eigenvalue weighted by molar-refractivity contribution is 8.00. The van der Waals surface area contributed by atoms with Crippen molar-refractivity contribution in [2.75, 3.05) is 13.2 Å². The number of benzene rings is 2. The molecule has 1 aliphatic rings. The summed E-state index contributed by atoms with van der Waals surface area (Å²) in [5.41, 5.74) is 3.90. The first-order chi connectivity index (χ1) is 12.4. The summed E-state index contributed by atoms with van der Waals surface area (Å²) >= 11 is 1.86. The third-order valence-electron chi connectivity index (χ3n) is 4.17. The zero-order valence-electron chi connectivity index (χ0n) is 15.7. The molecule has 0 spiro atoms. The minimum absolute atomic E-state index is 0.111. The van der Waals surface area contributed by atoms with Gasteiger partial charge >= 0.3 is 5.97 Å². The fourth-order valence-corrected chi connectivity index (χ4v) is 3.86. The van der Waals surface area contributed by atoms with Crippen LogP contribution in [0.15, 0.2) is 47.4 Å². The van der Waals surface area contributed by atoms with E-state index in [9.17, 15) is 4.79 Å². The number of rotatable bonds is 4. The van der Waals surface area contributed by atoms with Gasteiger partial charge in [0, 0.05) is 4.75 Å². The topological polar surface area (TPSA) is 35.5 Å². The summed E-state index contributed by atoms with van der Waals surface area (Å²) in [5.74, 6) is 0.671. The Morgan fingerprint density at radius 2 is 1.88 bits per heavy atom. The Morgan fingerprint density at radius 3 is 2.58 bits per heavy atom. The Morgan fingerprint density at radius 1 is 1.19 bits per heavy atom. The van der Waals surface area contributed by atoms with Crippen LogP contribution < -0.4 is 4.74 Å². The summed E-state index contributed by atoms with van der Waals surface area (Å²) in [7, 11) is 0. The molecule has 1 aliphatic heterocycles. The molecule has 0 N–H and O–H groups in total. The molecule has 0 bridgehead atoms. The number of ether oxygens (including phenoxy) is 2. The molecule has 0 aromatic heterocycles. The highest BCUT2D eigenvalue weighted by atomic mass is 32.2. The van der Waals surface area contributed by atoms with Crippen LogP contribution in [0.3, 0.4) is 0 Å². The van der Waals surface area contributed by atoms with Crippen LogP contribution in [0.25, 0.3) is 11.6 Å². The minimum atomic E-state index is -0.285. The van der Waals surface area contributed by atoms with Gasteiger partial charge < -0.3 is 9.47 Å². The second-order valence-corrected chi connectivity index (χ2v) is 8.73. The number of hydrogen-bond acceptors (Lipinski definition) is 4. The van der Waals surface area contributed by atoms with Crippen LogP contribution >= 0.6 is 11.8 Å². The van der Waals surface area contributed by atoms with E-state index in [0.29, 0.717) is 18.8 Å². The predicted octanol–water partition coefficient (Wildman–Crippen LogP) is 5.69. The van der Waals surface area contributed by atoms with E-state index in [2.05, 4.69) is 45.0 Å². The van der Waals surface area contributed by atoms with E-state index in [1.807, 2.05) is 23.9 Å². The summed E-state index contributed by atoms with van der Waals surface area (Å²) < 4.78 is 11.1. The highest BCUT2D eigenvalue weighted by Crippen LogP contribution is 2.43. The third-order valence-corrected chi connectivity index (χ3v) is 5.39. The molecule has 0 atom stereocenters. The van der Waals surface area contributed by atoms with Crippen molar-refractivity contribution in [2.45, 2.75) is 37.3 Å². The predicted molar refractivity (Wildman–Crippen MR) is 108 cm³/mol. The smallest absolute Gasteiger partial charge is 0.338 e. The molecule has 0 saturated heterocycles. The largest absolute Gasteiger partial charge is 0.491 e. The molecule has 0 saturated carbocycles. The maximum Gasteiger partial charge on any atom is 0.338 e. The third kappa shape index (κ3) is 4.31. The van der Waals surface area contributed by atoms with Crippen LogP contribution in [-0.4, -0.2) is 23.9 Å². The maximum atomic E-state index is 11.7. The van der Waals surface area contributed by atoms with E-state index in [1.165, 1.54) is 4.90 Å². The zero-order chi connectivity index (χ0) is 18.7. The Kier molecular flexibility index (Phi) is 5.42. The van der Waals surface area contributed by atoms with Crippen molar-refractivity contribution in [1.82, 2.24) is 0 Å². The summed E-state index contributed by atoms with van der Waals surface area (Å²) in [5, 5.41) is 0. The van der Waals surface area contributed by atoms with E-state index in [-0.39, 0.29) is 10.7 Å². The van der Waals surface area contributed by atoms with Crippen molar-refractivity contribution in [3.63, 3.8) is 0 Å². The van der Waals surface area contributed by atoms with Crippen molar-refractivity contribution < 1.29 is 14.3 Å². The van der Waals surface area contributed by atoms with Crippen molar-refractivity contribution in [3.05, 3.63) is 59.2 Å². The van der Waals surface area contributed by atoms with Crippen LogP contribution in [-0.2, 0) is 4.74 Å². The fraction of sp³-hybridized carbons (Fsp3) is 0.318. The van der Waals surface area contributed by atoms with Gasteiger partial charge in [0.25, 0.3) is 0 Å². The van der Waals surface area contributed by atoms with E-state index >= 15 is 0 Å². The molecule has 0 fully saturated rings. The Bertz CT molecular complexity index is 835. The lowest BCUT2D eigenvalue weighted by Gasteiger charge is -2.30. The standard InChI is InChI=1S/C22H24O3S/c1-5-24-21(23)17-8-6-16(7-9-17)12-15(2)18-10-11-20-19(13-18)25-14-22(3,4)26-20/h6-13H,5,14H2,1-4H3. The first-order valence-electron chi connectivity index (χ1n) is 8.80. The molecule has 0 aliphatic carbocycles. The van der Waals surface area contributed by atoms with Gasteiger partial charge in [0.05, 0.1) is 17.1 Å². The van der Waals surface area contributed by atoms with E-state index < -0.39 is 0 Å². The van der Waals surface area contributed by atoms with Crippen LogP contribution in [0.4, 0.5) is 0 Å². The fourth-order valence-electron chi connectivity index (χ4n) is 2.79. The van der Waals surface area contributed by atoms with Gasteiger partial charge in [-0.1, -0.05) is 24.3 Å². The van der Waals surface area contributed by atoms with Gasteiger partial charge in [-0.25, -0.2) is 4.79 Å². The van der Waals surface area contributed by atoms with Gasteiger partial charge in [-0.3, -0.25) is 0 Å². The number of carbonyl (C=O) groups excluding carboxylic acids is 1. The van der Waals surface area contributed by atoms with Gasteiger partial charge in [0.15, 0.2) is 0 Å². The van der Waals surface area contributed by atoms with Crippen LogP contribution in [0.5, 0.6) is 5.75 Å². The molecule has 2 aromatic carbocycles. The second kappa shape index (κ2) is 7.58. The van der Waals surface area contributed by atoms with Gasteiger partial charge in [-0.2, -0.15) is 0 Å². The van der Waals surface area contributed by atoms with Crippen molar-refractivity contribution in [3.8, 4) is 5.75 Å². The quantitative estimate of drug-likeness (QED) is 0.513. The first-order valence-corrected chi connectivity index (χ1v) is 9.61. The number of fused-ring (bicyclic) bond motifs is 1. The molecule has 26 heavy (non-hydrogen) atoms. The van der Waals surface area contributed by atoms with E-state index in [0.717, 1.165) is 22.4 Å². The molecule has 4 heteroatoms. The van der Waals surface area contributed by atoms with E-state index in [4.69, 9.17) is 9.47 Å². The molecule has 0 radical (unpaired) electrons. The van der Waals surface area contributed by atoms with E-state index in [1.54, 1.807) is 19.1 Å². The molecular formula is C22H24O3S. The summed E-state index contributed by atoms with van der Waals surface area (Å²) in [4.78, 5) is 12.9. The van der Waals surface area contributed by atoms with Crippen molar-refractivity contribution in [1.29, 1.82) is 0 Å². The first kappa shape index (κ1) is 18.6. The number of allylic oxidation sites excluding steroid dienone is 1. The van der Waals surface area contributed by atoms with Gasteiger partial charge in [-0.05, 0) is 68.7 Å². The summed E-state index contributed by atoms with van der Waals surface area (Å²) in [6.45, 7) is 9.38. The average Bonchev–Trinajstić information content (AvgIpc) is 2.61. The molecule has 3 rings (SSSR count). The lowest BCUT2D eigenvalue weighted by Crippen LogP contribution is -2.28. The number of thioether (sulfide) groups is 1. The van der Waals surface area contributed by atoms with Crippen LogP contribution in [0.2, 0.25) is 0 Å². The molecule has 0 amide bonds. The van der Waals surface area contributed by atoms with Gasteiger partial charge in [0.1, 0.15) is 12.4 Å². The summed E-state index contributed by atoms with van der Waals surface area (Å²) in [6, 6.07) is 13.8. The highest BCUT2D eigenvalue weighted by Gasteiger charge is 2.27. The van der Waals surface area contributed by atoms with Crippen LogP contribution in [0, 0.1) is 0 Å². The molecule has 136 valence electrons. The number of carbonyl (C=O) groups is 1. The second-order valence-electron chi connectivity index (χ2n) is 6.98. The number of esters is 1. The van der Waals surface area contributed by atoms with Crippen molar-refractivity contribution in [2.24, 2.45) is 0 Å². The maximum absolute atomic E-state index is 11.7. The molecule has 1 heterocycles. The van der Waals surface area contributed by atoms with Crippen LogP contribution in [0.1, 0.15) is 49.2 Å². The Labute approximate surface area is 159 Å². The SMILES string of the molecule is CCOC(=O)c1ccc(C=C(C)c2ccc3c(c2)OCC(C)(C)S3)cc1. The van der Waals surface area contributed by atoms with Crippen molar-refractivity contribution >= 4 is 29.4 Å². The zero-order valence-corrected chi connectivity index (χ0v) is 16.5. The number of hydrogen-bond donors (Lipinski definition) is 0. The lowest BCUT2D eigenvalue weighted by molar-refractivity contribution is 0.0526. The van der Waals surface area contributed by atoms with Gasteiger partial charge in [-0.15, -0.1) is 11.8 Å². The summed E-state index contributed by atoms with van der Waals surface area (Å²) in [6.07, 6.45) is 2.11. The average molecular weight is 368 g/mol. The molecular weight excluding hydrogens is 344 g/mol. The molecule has 0 unspecified atom stereocenters. The monoisotopic (exact) mass is 368 g/mol. The molecule has 3 nitrogen and oxygen atoms in total. The Balaban J connectivity index is 1.79. The Hall–Kier alpha value is -2.20.